The molecule has 1 fully saturated rings. The molecule has 1 aliphatic heterocycles. The minimum absolute atomic E-state index is 0.370. The van der Waals surface area contributed by atoms with Crippen molar-refractivity contribution in [2.75, 3.05) is 32.0 Å². The lowest BCUT2D eigenvalue weighted by Crippen LogP contribution is -2.32. The fourth-order valence-electron chi connectivity index (χ4n) is 2.29. The van der Waals surface area contributed by atoms with Crippen LogP contribution in [0.2, 0.25) is 0 Å². The number of likely N-dealkylation sites (tertiary alicyclic amines) is 1. The first-order chi connectivity index (χ1) is 8.15. The van der Waals surface area contributed by atoms with Crippen molar-refractivity contribution in [1.29, 1.82) is 0 Å². The Morgan fingerprint density at radius 1 is 1.35 bits per heavy atom. The standard InChI is InChI=1S/C14H22N2O/c1-11-9-13(3-4-14(11)17)15-10-12-5-7-16(2)8-6-12/h3-4,9,12,15,17H,5-8,10H2,1-2H3. The van der Waals surface area contributed by atoms with E-state index in [-0.39, 0.29) is 0 Å². The van der Waals surface area contributed by atoms with E-state index in [0.29, 0.717) is 5.75 Å². The molecule has 0 bridgehead atoms. The van der Waals surface area contributed by atoms with E-state index in [9.17, 15) is 5.11 Å². The fraction of sp³-hybridized carbons (Fsp3) is 0.571. The minimum Gasteiger partial charge on any atom is -0.508 e. The van der Waals surface area contributed by atoms with Gasteiger partial charge in [-0.25, -0.2) is 0 Å². The molecule has 0 radical (unpaired) electrons. The summed E-state index contributed by atoms with van der Waals surface area (Å²) < 4.78 is 0. The quantitative estimate of drug-likeness (QED) is 0.789. The largest absolute Gasteiger partial charge is 0.508 e. The summed E-state index contributed by atoms with van der Waals surface area (Å²) in [7, 11) is 2.19. The molecular formula is C14H22N2O. The van der Waals surface area contributed by atoms with Crippen LogP contribution in [0.5, 0.6) is 5.75 Å². The number of rotatable bonds is 3. The Balaban J connectivity index is 1.83. The molecule has 0 spiro atoms. The Labute approximate surface area is 103 Å². The molecular weight excluding hydrogens is 212 g/mol. The number of benzene rings is 1. The average Bonchev–Trinajstić information content (AvgIpc) is 2.33. The van der Waals surface area contributed by atoms with Crippen molar-refractivity contribution in [3.8, 4) is 5.75 Å². The smallest absolute Gasteiger partial charge is 0.118 e. The normalized spacial score (nSPS) is 18.2. The summed E-state index contributed by atoms with van der Waals surface area (Å²) in [6.45, 7) is 5.38. The fourth-order valence-corrected chi connectivity index (χ4v) is 2.29. The van der Waals surface area contributed by atoms with Gasteiger partial charge in [-0.1, -0.05) is 0 Å². The van der Waals surface area contributed by atoms with Gasteiger partial charge in [0.15, 0.2) is 0 Å². The van der Waals surface area contributed by atoms with Gasteiger partial charge in [0.2, 0.25) is 0 Å². The highest BCUT2D eigenvalue weighted by molar-refractivity contribution is 5.50. The van der Waals surface area contributed by atoms with Gasteiger partial charge < -0.3 is 15.3 Å². The molecule has 0 aromatic heterocycles. The zero-order chi connectivity index (χ0) is 12.3. The van der Waals surface area contributed by atoms with Crippen molar-refractivity contribution in [2.24, 2.45) is 5.92 Å². The number of phenols is 1. The number of nitrogens with zero attached hydrogens (tertiary/aromatic N) is 1. The summed E-state index contributed by atoms with van der Waals surface area (Å²) in [5.41, 5.74) is 2.04. The molecule has 3 nitrogen and oxygen atoms in total. The lowest BCUT2D eigenvalue weighted by molar-refractivity contribution is 0.226. The average molecular weight is 234 g/mol. The number of aromatic hydroxyl groups is 1. The van der Waals surface area contributed by atoms with Crippen molar-refractivity contribution in [3.05, 3.63) is 23.8 Å². The summed E-state index contributed by atoms with van der Waals surface area (Å²) in [5.74, 6) is 1.15. The molecule has 1 heterocycles. The maximum atomic E-state index is 9.46. The van der Waals surface area contributed by atoms with Crippen LogP contribution in [0.4, 0.5) is 5.69 Å². The van der Waals surface area contributed by atoms with Crippen LogP contribution in [0.3, 0.4) is 0 Å². The zero-order valence-corrected chi connectivity index (χ0v) is 10.7. The third-order valence-electron chi connectivity index (χ3n) is 3.63. The Hall–Kier alpha value is -1.22. The highest BCUT2D eigenvalue weighted by Crippen LogP contribution is 2.21. The second kappa shape index (κ2) is 5.41. The van der Waals surface area contributed by atoms with Crippen molar-refractivity contribution in [3.63, 3.8) is 0 Å². The van der Waals surface area contributed by atoms with Gasteiger partial charge in [-0.15, -0.1) is 0 Å². The van der Waals surface area contributed by atoms with Crippen LogP contribution in [0, 0.1) is 12.8 Å². The molecule has 1 aliphatic rings. The van der Waals surface area contributed by atoms with Crippen molar-refractivity contribution < 1.29 is 5.11 Å². The molecule has 1 saturated heterocycles. The van der Waals surface area contributed by atoms with Gasteiger partial charge in [0, 0.05) is 12.2 Å². The Morgan fingerprint density at radius 3 is 2.71 bits per heavy atom. The number of anilines is 1. The second-order valence-corrected chi connectivity index (χ2v) is 5.13. The van der Waals surface area contributed by atoms with Crippen molar-refractivity contribution in [2.45, 2.75) is 19.8 Å². The third kappa shape index (κ3) is 3.37. The first-order valence-electron chi connectivity index (χ1n) is 6.37. The van der Waals surface area contributed by atoms with Gasteiger partial charge in [-0.3, -0.25) is 0 Å². The van der Waals surface area contributed by atoms with Crippen LogP contribution in [0.1, 0.15) is 18.4 Å². The maximum absolute atomic E-state index is 9.46. The Kier molecular flexibility index (Phi) is 3.89. The lowest BCUT2D eigenvalue weighted by Gasteiger charge is -2.29. The van der Waals surface area contributed by atoms with E-state index in [4.69, 9.17) is 0 Å². The molecule has 0 saturated carbocycles. The Bertz CT molecular complexity index is 370. The first-order valence-corrected chi connectivity index (χ1v) is 6.37. The number of phenolic OH excluding ortho intramolecular Hbond substituents is 1. The summed E-state index contributed by atoms with van der Waals surface area (Å²) in [4.78, 5) is 2.39. The van der Waals surface area contributed by atoms with Crippen LogP contribution in [0.25, 0.3) is 0 Å². The molecule has 1 aromatic carbocycles. The summed E-state index contributed by atoms with van der Waals surface area (Å²) >= 11 is 0. The molecule has 94 valence electrons. The Morgan fingerprint density at radius 2 is 2.06 bits per heavy atom. The first kappa shape index (κ1) is 12.2. The highest BCUT2D eigenvalue weighted by atomic mass is 16.3. The lowest BCUT2D eigenvalue weighted by atomic mass is 9.97. The second-order valence-electron chi connectivity index (χ2n) is 5.13. The van der Waals surface area contributed by atoms with E-state index in [1.807, 2.05) is 19.1 Å². The zero-order valence-electron chi connectivity index (χ0n) is 10.7. The predicted octanol–water partition coefficient (Wildman–Crippen LogP) is 2.45. The van der Waals surface area contributed by atoms with Crippen LogP contribution in [-0.4, -0.2) is 36.7 Å². The molecule has 1 aromatic rings. The molecule has 0 atom stereocenters. The minimum atomic E-state index is 0.370. The van der Waals surface area contributed by atoms with Gasteiger partial charge in [-0.2, -0.15) is 0 Å². The highest BCUT2D eigenvalue weighted by Gasteiger charge is 2.16. The van der Waals surface area contributed by atoms with E-state index in [1.165, 1.54) is 25.9 Å². The molecule has 3 heteroatoms. The van der Waals surface area contributed by atoms with Gasteiger partial charge in [0.1, 0.15) is 5.75 Å². The number of hydrogen-bond acceptors (Lipinski definition) is 3. The summed E-state index contributed by atoms with van der Waals surface area (Å²) in [6.07, 6.45) is 2.56. The van der Waals surface area contributed by atoms with E-state index in [2.05, 4.69) is 17.3 Å². The molecule has 2 rings (SSSR count). The van der Waals surface area contributed by atoms with E-state index >= 15 is 0 Å². The predicted molar refractivity (Wildman–Crippen MR) is 71.6 cm³/mol. The van der Waals surface area contributed by atoms with Crippen LogP contribution < -0.4 is 5.32 Å². The van der Waals surface area contributed by atoms with E-state index in [0.717, 1.165) is 23.7 Å². The number of hydrogen-bond donors (Lipinski definition) is 2. The van der Waals surface area contributed by atoms with E-state index in [1.54, 1.807) is 6.07 Å². The SMILES string of the molecule is Cc1cc(NCC2CCN(C)CC2)ccc1O. The molecule has 17 heavy (non-hydrogen) atoms. The molecule has 0 aliphatic carbocycles. The summed E-state index contributed by atoms with van der Waals surface area (Å²) in [6, 6.07) is 5.70. The monoisotopic (exact) mass is 234 g/mol. The summed E-state index contributed by atoms with van der Waals surface area (Å²) in [5, 5.41) is 12.9. The number of nitrogens with one attached hydrogen (secondary N) is 1. The molecule has 2 N–H and O–H groups in total. The molecule has 0 amide bonds. The maximum Gasteiger partial charge on any atom is 0.118 e. The van der Waals surface area contributed by atoms with Crippen LogP contribution in [0.15, 0.2) is 18.2 Å². The third-order valence-corrected chi connectivity index (χ3v) is 3.63. The molecule has 0 unspecified atom stereocenters. The number of piperidine rings is 1. The van der Waals surface area contributed by atoms with Gasteiger partial charge >= 0.3 is 0 Å². The van der Waals surface area contributed by atoms with Crippen molar-refractivity contribution >= 4 is 5.69 Å². The van der Waals surface area contributed by atoms with E-state index < -0.39 is 0 Å². The van der Waals surface area contributed by atoms with Gasteiger partial charge in [0.05, 0.1) is 0 Å². The van der Waals surface area contributed by atoms with Crippen LogP contribution >= 0.6 is 0 Å². The number of aryl methyl sites for hydroxylation is 1. The van der Waals surface area contributed by atoms with Gasteiger partial charge in [0.25, 0.3) is 0 Å². The van der Waals surface area contributed by atoms with Gasteiger partial charge in [-0.05, 0) is 69.6 Å². The van der Waals surface area contributed by atoms with Crippen LogP contribution in [-0.2, 0) is 0 Å². The van der Waals surface area contributed by atoms with Crippen molar-refractivity contribution in [1.82, 2.24) is 4.90 Å². The topological polar surface area (TPSA) is 35.5 Å².